The molecule has 19 heavy (non-hydrogen) atoms. The van der Waals surface area contributed by atoms with Crippen LogP contribution in [0.4, 0.5) is 0 Å². The van der Waals surface area contributed by atoms with Crippen LogP contribution in [0.1, 0.15) is 56.6 Å². The number of carbonyl (C=O) groups excluding carboxylic acids is 1. The van der Waals surface area contributed by atoms with Crippen molar-refractivity contribution in [3.63, 3.8) is 0 Å². The summed E-state index contributed by atoms with van der Waals surface area (Å²) in [5.41, 5.74) is 2.77. The van der Waals surface area contributed by atoms with Crippen LogP contribution in [0.5, 0.6) is 0 Å². The molecule has 2 nitrogen and oxygen atoms in total. The average molecular weight is 264 g/mol. The van der Waals surface area contributed by atoms with E-state index in [0.717, 1.165) is 26.2 Å². The fraction of sp³-hybridized carbons (Fsp3) is 0.588. The normalized spacial score (nSPS) is 21.3. The number of hydrogen-bond donors (Lipinski definition) is 1. The second kappa shape index (κ2) is 10.7. The van der Waals surface area contributed by atoms with Crippen LogP contribution in [0.3, 0.4) is 0 Å². The van der Waals surface area contributed by atoms with E-state index in [1.807, 2.05) is 13.8 Å². The Morgan fingerprint density at radius 3 is 1.89 bits per heavy atom. The first-order valence-electron chi connectivity index (χ1n) is 7.26. The highest BCUT2D eigenvalue weighted by Gasteiger charge is 2.21. The summed E-state index contributed by atoms with van der Waals surface area (Å²) in [6.45, 7) is 6.12. The molecule has 0 spiro atoms. The third-order valence-corrected chi connectivity index (χ3v) is 3.51. The Kier molecular flexibility index (Phi) is 10.1. The Morgan fingerprint density at radius 2 is 1.47 bits per heavy atom. The predicted octanol–water partition coefficient (Wildman–Crippen LogP) is 4.10. The molecule has 0 atom stereocenters. The Morgan fingerprint density at radius 1 is 1.00 bits per heavy atom. The number of aryl methyl sites for hydroxylation is 1. The molecule has 0 saturated heterocycles. The summed E-state index contributed by atoms with van der Waals surface area (Å²) in [7, 11) is 1.00. The van der Waals surface area contributed by atoms with Crippen LogP contribution in [0, 0.1) is 12.8 Å². The van der Waals surface area contributed by atoms with Gasteiger partial charge in [-0.3, -0.25) is 0 Å². The van der Waals surface area contributed by atoms with Crippen LogP contribution >= 0.6 is 0 Å². The molecule has 108 valence electrons. The lowest BCUT2D eigenvalue weighted by Gasteiger charge is -2.25. The highest BCUT2D eigenvalue weighted by Crippen LogP contribution is 2.34. The smallest absolute Gasteiger partial charge is 0.123 e. The number of rotatable bonds is 2. The predicted molar refractivity (Wildman–Crippen MR) is 81.4 cm³/mol. The van der Waals surface area contributed by atoms with E-state index in [2.05, 4.69) is 31.2 Å². The molecule has 0 aromatic heterocycles. The van der Waals surface area contributed by atoms with E-state index in [0.29, 0.717) is 11.8 Å². The minimum absolute atomic E-state index is 0.326. The number of aliphatic hydroxyl groups excluding tert-OH is 1. The van der Waals surface area contributed by atoms with Crippen molar-refractivity contribution in [3.05, 3.63) is 35.4 Å². The van der Waals surface area contributed by atoms with E-state index in [-0.39, 0.29) is 0 Å². The Balaban J connectivity index is 0.000000741. The van der Waals surface area contributed by atoms with Crippen LogP contribution in [0.25, 0.3) is 0 Å². The molecule has 1 aromatic rings. The lowest BCUT2D eigenvalue weighted by molar-refractivity contribution is -0.111. The van der Waals surface area contributed by atoms with Gasteiger partial charge in [0.05, 0.1) is 0 Å². The zero-order valence-corrected chi connectivity index (χ0v) is 12.7. The van der Waals surface area contributed by atoms with Gasteiger partial charge < -0.3 is 9.90 Å². The molecule has 1 fully saturated rings. The lowest BCUT2D eigenvalue weighted by atomic mass is 9.79. The summed E-state index contributed by atoms with van der Waals surface area (Å²) >= 11 is 0. The average Bonchev–Trinajstić information content (AvgIpc) is 2.52. The van der Waals surface area contributed by atoms with Gasteiger partial charge in [0.2, 0.25) is 0 Å². The SMILES string of the molecule is CC.CO.Cc1ccc(C2CCC(C=O)CC2)cc1. The molecule has 0 amide bonds. The van der Waals surface area contributed by atoms with Gasteiger partial charge in [-0.15, -0.1) is 0 Å². The fourth-order valence-corrected chi connectivity index (χ4v) is 2.43. The van der Waals surface area contributed by atoms with Crippen LogP contribution in [0.15, 0.2) is 24.3 Å². The van der Waals surface area contributed by atoms with Crippen molar-refractivity contribution in [2.24, 2.45) is 5.92 Å². The maximum atomic E-state index is 10.6. The number of aliphatic hydroxyl groups is 1. The number of benzene rings is 1. The maximum absolute atomic E-state index is 10.6. The van der Waals surface area contributed by atoms with Gasteiger partial charge in [-0.2, -0.15) is 0 Å². The number of carbonyl (C=O) groups is 1. The molecule has 0 aliphatic heterocycles. The summed E-state index contributed by atoms with van der Waals surface area (Å²) in [5, 5.41) is 7.00. The van der Waals surface area contributed by atoms with Crippen molar-refractivity contribution in [2.45, 2.75) is 52.4 Å². The van der Waals surface area contributed by atoms with Crippen LogP contribution in [-0.2, 0) is 4.79 Å². The van der Waals surface area contributed by atoms with Crippen molar-refractivity contribution in [1.29, 1.82) is 0 Å². The maximum Gasteiger partial charge on any atom is 0.123 e. The third-order valence-electron chi connectivity index (χ3n) is 3.51. The van der Waals surface area contributed by atoms with E-state index in [9.17, 15) is 4.79 Å². The van der Waals surface area contributed by atoms with Gasteiger partial charge in [-0.1, -0.05) is 43.7 Å². The molecular formula is C17H28O2. The van der Waals surface area contributed by atoms with Crippen LogP contribution in [-0.4, -0.2) is 18.5 Å². The number of hydrogen-bond acceptors (Lipinski definition) is 2. The quantitative estimate of drug-likeness (QED) is 0.816. The van der Waals surface area contributed by atoms with Gasteiger partial charge >= 0.3 is 0 Å². The highest BCUT2D eigenvalue weighted by molar-refractivity contribution is 5.53. The minimum atomic E-state index is 0.326. The van der Waals surface area contributed by atoms with Gasteiger partial charge in [0.15, 0.2) is 0 Å². The van der Waals surface area contributed by atoms with Gasteiger partial charge in [-0.25, -0.2) is 0 Å². The summed E-state index contributed by atoms with van der Waals surface area (Å²) < 4.78 is 0. The zero-order chi connectivity index (χ0) is 14.7. The molecule has 0 bridgehead atoms. The first-order chi connectivity index (χ1) is 9.29. The van der Waals surface area contributed by atoms with E-state index in [1.165, 1.54) is 24.0 Å². The monoisotopic (exact) mass is 264 g/mol. The second-order valence-corrected chi connectivity index (χ2v) is 4.66. The molecule has 0 heterocycles. The third kappa shape index (κ3) is 6.02. The Labute approximate surface area is 117 Å². The highest BCUT2D eigenvalue weighted by atomic mass is 16.2. The zero-order valence-electron chi connectivity index (χ0n) is 12.7. The van der Waals surface area contributed by atoms with Gasteiger partial charge in [0, 0.05) is 13.0 Å². The second-order valence-electron chi connectivity index (χ2n) is 4.66. The minimum Gasteiger partial charge on any atom is -0.400 e. The first-order valence-corrected chi connectivity index (χ1v) is 7.26. The molecule has 0 unspecified atom stereocenters. The molecule has 1 aliphatic carbocycles. The molecule has 1 saturated carbocycles. The topological polar surface area (TPSA) is 37.3 Å². The summed E-state index contributed by atoms with van der Waals surface area (Å²) in [6, 6.07) is 8.84. The molecule has 1 N–H and O–H groups in total. The summed E-state index contributed by atoms with van der Waals surface area (Å²) in [4.78, 5) is 10.6. The largest absolute Gasteiger partial charge is 0.400 e. The van der Waals surface area contributed by atoms with Gasteiger partial charge in [-0.05, 0) is 44.1 Å². The van der Waals surface area contributed by atoms with Crippen molar-refractivity contribution in [1.82, 2.24) is 0 Å². The van der Waals surface area contributed by atoms with Crippen molar-refractivity contribution in [2.75, 3.05) is 7.11 Å². The molecule has 0 radical (unpaired) electrons. The van der Waals surface area contributed by atoms with E-state index >= 15 is 0 Å². The first kappa shape index (κ1) is 17.8. The van der Waals surface area contributed by atoms with Gasteiger partial charge in [0.25, 0.3) is 0 Å². The van der Waals surface area contributed by atoms with E-state index in [4.69, 9.17) is 5.11 Å². The van der Waals surface area contributed by atoms with Gasteiger partial charge in [0.1, 0.15) is 6.29 Å². The Hall–Kier alpha value is -1.15. The number of aldehydes is 1. The van der Waals surface area contributed by atoms with E-state index in [1.54, 1.807) is 0 Å². The van der Waals surface area contributed by atoms with E-state index < -0.39 is 0 Å². The van der Waals surface area contributed by atoms with Crippen LogP contribution < -0.4 is 0 Å². The molecular weight excluding hydrogens is 236 g/mol. The van der Waals surface area contributed by atoms with Crippen molar-refractivity contribution in [3.8, 4) is 0 Å². The lowest BCUT2D eigenvalue weighted by Crippen LogP contribution is -2.14. The molecule has 1 aromatic carbocycles. The van der Waals surface area contributed by atoms with Crippen molar-refractivity contribution >= 4 is 6.29 Å². The fourth-order valence-electron chi connectivity index (χ4n) is 2.43. The molecule has 1 aliphatic rings. The summed E-state index contributed by atoms with van der Waals surface area (Å²) in [5.74, 6) is 1.01. The summed E-state index contributed by atoms with van der Waals surface area (Å²) in [6.07, 6.45) is 5.62. The Bertz CT molecular complexity index is 322. The standard InChI is InChI=1S/C14H18O.C2H6.CH4O/c1-11-2-6-13(7-3-11)14-8-4-12(10-15)5-9-14;2*1-2/h2-3,6-7,10,12,14H,4-5,8-9H2,1H3;1-2H3;2H,1H3. The van der Waals surface area contributed by atoms with Crippen molar-refractivity contribution < 1.29 is 9.90 Å². The van der Waals surface area contributed by atoms with Crippen LogP contribution in [0.2, 0.25) is 0 Å². The molecule has 2 rings (SSSR count). The molecule has 2 heteroatoms.